The molecule has 0 spiro atoms. The standard InChI is InChI=1S/C12H16ClNO4S/c1-8-4-5-10(19(13,16)17)6-11(8)12(15)14-9(2)7-18-3/h4-6,9H,7H2,1-3H3,(H,14,15). The van der Waals surface area contributed by atoms with Crippen LogP contribution >= 0.6 is 10.7 Å². The van der Waals surface area contributed by atoms with Crippen LogP contribution in [0.5, 0.6) is 0 Å². The lowest BCUT2D eigenvalue weighted by Gasteiger charge is -2.14. The van der Waals surface area contributed by atoms with E-state index in [9.17, 15) is 13.2 Å². The summed E-state index contributed by atoms with van der Waals surface area (Å²) in [6.45, 7) is 3.89. The van der Waals surface area contributed by atoms with E-state index in [4.69, 9.17) is 15.4 Å². The summed E-state index contributed by atoms with van der Waals surface area (Å²) in [5.41, 5.74) is 0.955. The molecule has 1 N–H and O–H groups in total. The summed E-state index contributed by atoms with van der Waals surface area (Å²) in [7, 11) is 2.95. The van der Waals surface area contributed by atoms with Gasteiger partial charge in [-0.05, 0) is 31.5 Å². The molecule has 1 rings (SSSR count). The molecule has 106 valence electrons. The van der Waals surface area contributed by atoms with Crippen LogP contribution in [0.15, 0.2) is 23.1 Å². The van der Waals surface area contributed by atoms with Crippen molar-refractivity contribution < 1.29 is 17.9 Å². The molecule has 1 aromatic carbocycles. The van der Waals surface area contributed by atoms with Crippen LogP contribution in [0.2, 0.25) is 0 Å². The monoisotopic (exact) mass is 305 g/mol. The maximum absolute atomic E-state index is 12.0. The van der Waals surface area contributed by atoms with Gasteiger partial charge >= 0.3 is 0 Å². The maximum Gasteiger partial charge on any atom is 0.261 e. The van der Waals surface area contributed by atoms with Crippen LogP contribution in [0.25, 0.3) is 0 Å². The highest BCUT2D eigenvalue weighted by Gasteiger charge is 2.17. The minimum absolute atomic E-state index is 0.0932. The fourth-order valence-electron chi connectivity index (χ4n) is 1.59. The molecular weight excluding hydrogens is 290 g/mol. The lowest BCUT2D eigenvalue weighted by molar-refractivity contribution is 0.0904. The van der Waals surface area contributed by atoms with Gasteiger partial charge in [0.15, 0.2) is 0 Å². The first-order chi connectivity index (χ1) is 8.75. The molecule has 1 amide bonds. The number of halogens is 1. The lowest BCUT2D eigenvalue weighted by Crippen LogP contribution is -2.36. The second kappa shape index (κ2) is 6.36. The van der Waals surface area contributed by atoms with Gasteiger partial charge in [-0.1, -0.05) is 6.07 Å². The molecule has 5 nitrogen and oxygen atoms in total. The zero-order valence-electron chi connectivity index (χ0n) is 10.9. The molecule has 0 radical (unpaired) electrons. The molecular formula is C12H16ClNO4S. The minimum Gasteiger partial charge on any atom is -0.383 e. The van der Waals surface area contributed by atoms with E-state index in [0.29, 0.717) is 12.2 Å². The van der Waals surface area contributed by atoms with E-state index >= 15 is 0 Å². The number of carbonyl (C=O) groups excluding carboxylic acids is 1. The van der Waals surface area contributed by atoms with Crippen LogP contribution in [0.3, 0.4) is 0 Å². The van der Waals surface area contributed by atoms with Crippen molar-refractivity contribution >= 4 is 25.6 Å². The van der Waals surface area contributed by atoms with E-state index in [1.54, 1.807) is 19.9 Å². The molecule has 7 heteroatoms. The van der Waals surface area contributed by atoms with Gasteiger partial charge in [0, 0.05) is 29.4 Å². The molecule has 0 aliphatic carbocycles. The van der Waals surface area contributed by atoms with Crippen LogP contribution in [0.1, 0.15) is 22.8 Å². The third-order valence-corrected chi connectivity index (χ3v) is 3.88. The summed E-state index contributed by atoms with van der Waals surface area (Å²) >= 11 is 0. The minimum atomic E-state index is -3.85. The Morgan fingerprint density at radius 3 is 2.63 bits per heavy atom. The average molecular weight is 306 g/mol. The topological polar surface area (TPSA) is 72.5 Å². The number of benzene rings is 1. The van der Waals surface area contributed by atoms with Crippen LogP contribution < -0.4 is 5.32 Å². The molecule has 0 fully saturated rings. The summed E-state index contributed by atoms with van der Waals surface area (Å²) in [5.74, 6) is -0.357. The van der Waals surface area contributed by atoms with Crippen molar-refractivity contribution in [2.45, 2.75) is 24.8 Å². The third kappa shape index (κ3) is 4.49. The predicted octanol–water partition coefficient (Wildman–Crippen LogP) is 1.69. The highest BCUT2D eigenvalue weighted by molar-refractivity contribution is 8.13. The number of hydrogen-bond donors (Lipinski definition) is 1. The summed E-state index contributed by atoms with van der Waals surface area (Å²) in [4.78, 5) is 11.9. The van der Waals surface area contributed by atoms with Gasteiger partial charge in [-0.3, -0.25) is 4.79 Å². The van der Waals surface area contributed by atoms with Crippen molar-refractivity contribution in [3.8, 4) is 0 Å². The molecule has 19 heavy (non-hydrogen) atoms. The van der Waals surface area contributed by atoms with Gasteiger partial charge in [0.1, 0.15) is 0 Å². The second-order valence-corrected chi connectivity index (χ2v) is 6.81. The Balaban J connectivity index is 3.03. The second-order valence-electron chi connectivity index (χ2n) is 4.24. The van der Waals surface area contributed by atoms with Gasteiger partial charge in [-0.15, -0.1) is 0 Å². The van der Waals surface area contributed by atoms with Gasteiger partial charge in [0.2, 0.25) is 0 Å². The number of methoxy groups -OCH3 is 1. The van der Waals surface area contributed by atoms with Crippen molar-refractivity contribution in [2.75, 3.05) is 13.7 Å². The number of ether oxygens (including phenoxy) is 1. The fourth-order valence-corrected chi connectivity index (χ4v) is 2.37. The molecule has 0 saturated carbocycles. The Kier molecular flexibility index (Phi) is 5.34. The van der Waals surface area contributed by atoms with Crippen molar-refractivity contribution in [1.82, 2.24) is 5.32 Å². The van der Waals surface area contributed by atoms with Crippen molar-refractivity contribution in [1.29, 1.82) is 0 Å². The normalized spacial score (nSPS) is 13.1. The van der Waals surface area contributed by atoms with Gasteiger partial charge < -0.3 is 10.1 Å². The molecule has 0 aromatic heterocycles. The molecule has 0 aliphatic heterocycles. The summed E-state index contributed by atoms with van der Waals surface area (Å²) in [5, 5.41) is 2.71. The predicted molar refractivity (Wildman–Crippen MR) is 73.0 cm³/mol. The Bertz CT molecular complexity index is 571. The summed E-state index contributed by atoms with van der Waals surface area (Å²) in [6.07, 6.45) is 0. The van der Waals surface area contributed by atoms with E-state index in [1.807, 2.05) is 0 Å². The fraction of sp³-hybridized carbons (Fsp3) is 0.417. The first-order valence-electron chi connectivity index (χ1n) is 5.61. The first-order valence-corrected chi connectivity index (χ1v) is 7.91. The van der Waals surface area contributed by atoms with E-state index in [1.165, 1.54) is 19.2 Å². The van der Waals surface area contributed by atoms with Gasteiger partial charge in [0.25, 0.3) is 15.0 Å². The summed E-state index contributed by atoms with van der Waals surface area (Å²) < 4.78 is 27.4. The maximum atomic E-state index is 12.0. The Hall–Kier alpha value is -1.11. The van der Waals surface area contributed by atoms with Crippen LogP contribution in [-0.2, 0) is 13.8 Å². The van der Waals surface area contributed by atoms with E-state index in [0.717, 1.165) is 0 Å². The number of hydrogen-bond acceptors (Lipinski definition) is 4. The molecule has 0 heterocycles. The number of nitrogens with one attached hydrogen (secondary N) is 1. The third-order valence-electron chi connectivity index (χ3n) is 2.53. The van der Waals surface area contributed by atoms with Crippen molar-refractivity contribution in [2.24, 2.45) is 0 Å². The van der Waals surface area contributed by atoms with Crippen molar-refractivity contribution in [3.05, 3.63) is 29.3 Å². The number of amides is 1. The Morgan fingerprint density at radius 1 is 1.47 bits per heavy atom. The van der Waals surface area contributed by atoms with Crippen LogP contribution in [0.4, 0.5) is 0 Å². The molecule has 0 bridgehead atoms. The quantitative estimate of drug-likeness (QED) is 0.840. The van der Waals surface area contributed by atoms with Crippen LogP contribution in [-0.4, -0.2) is 34.1 Å². The largest absolute Gasteiger partial charge is 0.383 e. The molecule has 1 aromatic rings. The number of carbonyl (C=O) groups is 1. The molecule has 0 saturated heterocycles. The van der Waals surface area contributed by atoms with Crippen molar-refractivity contribution in [3.63, 3.8) is 0 Å². The lowest BCUT2D eigenvalue weighted by atomic mass is 10.1. The molecule has 0 aliphatic rings. The first kappa shape index (κ1) is 15.9. The Morgan fingerprint density at radius 2 is 2.11 bits per heavy atom. The highest BCUT2D eigenvalue weighted by atomic mass is 35.7. The van der Waals surface area contributed by atoms with E-state index in [2.05, 4.69) is 5.32 Å². The molecule has 1 atom stereocenters. The zero-order chi connectivity index (χ0) is 14.6. The molecule has 1 unspecified atom stereocenters. The van der Waals surface area contributed by atoms with E-state index in [-0.39, 0.29) is 22.4 Å². The SMILES string of the molecule is COCC(C)NC(=O)c1cc(S(=O)(=O)Cl)ccc1C. The highest BCUT2D eigenvalue weighted by Crippen LogP contribution is 2.19. The van der Waals surface area contributed by atoms with Crippen LogP contribution in [0, 0.1) is 6.92 Å². The number of rotatable bonds is 5. The van der Waals surface area contributed by atoms with Gasteiger partial charge in [-0.2, -0.15) is 0 Å². The summed E-state index contributed by atoms with van der Waals surface area (Å²) in [6, 6.07) is 4.01. The smallest absolute Gasteiger partial charge is 0.261 e. The van der Waals surface area contributed by atoms with E-state index < -0.39 is 9.05 Å². The van der Waals surface area contributed by atoms with Gasteiger partial charge in [-0.25, -0.2) is 8.42 Å². The van der Waals surface area contributed by atoms with Gasteiger partial charge in [0.05, 0.1) is 11.5 Å². The number of aryl methyl sites for hydroxylation is 1. The average Bonchev–Trinajstić information content (AvgIpc) is 2.27. The zero-order valence-corrected chi connectivity index (χ0v) is 12.5. The Labute approximate surface area is 117 Å².